The van der Waals surface area contributed by atoms with Gasteiger partial charge in [-0.25, -0.2) is 9.97 Å². The Morgan fingerprint density at radius 3 is 2.76 bits per heavy atom. The predicted molar refractivity (Wildman–Crippen MR) is 64.0 cm³/mol. The number of aromatic nitrogens is 3. The van der Waals surface area contributed by atoms with Gasteiger partial charge in [0.25, 0.3) is 5.91 Å². The summed E-state index contributed by atoms with van der Waals surface area (Å²) in [6.45, 7) is 1.86. The van der Waals surface area contributed by atoms with Gasteiger partial charge in [0.15, 0.2) is 11.0 Å². The smallest absolute Gasteiger partial charge is 0.258 e. The van der Waals surface area contributed by atoms with Crippen molar-refractivity contribution in [3.63, 3.8) is 0 Å². The third-order valence-electron chi connectivity index (χ3n) is 2.02. The molecule has 0 radical (unpaired) electrons. The summed E-state index contributed by atoms with van der Waals surface area (Å²) in [5.74, 6) is -0.0794. The van der Waals surface area contributed by atoms with E-state index in [0.29, 0.717) is 5.56 Å². The van der Waals surface area contributed by atoms with Gasteiger partial charge in [-0.2, -0.15) is 0 Å². The molecule has 2 rings (SSSR count). The minimum atomic E-state index is -0.316. The lowest BCUT2D eigenvalue weighted by molar-refractivity contribution is 0.102. The topological polar surface area (TPSA) is 67.8 Å². The molecule has 0 spiro atoms. The summed E-state index contributed by atoms with van der Waals surface area (Å²) >= 11 is 5.78. The first-order valence-corrected chi connectivity index (χ1v) is 5.24. The summed E-state index contributed by atoms with van der Waals surface area (Å²) in [4.78, 5) is 23.5. The number of carbonyl (C=O) groups is 1. The molecule has 2 heterocycles. The third-order valence-corrected chi connectivity index (χ3v) is 2.30. The molecule has 6 heteroatoms. The minimum absolute atomic E-state index is 0.154. The molecule has 0 fully saturated rings. The van der Waals surface area contributed by atoms with E-state index in [1.54, 1.807) is 12.3 Å². The van der Waals surface area contributed by atoms with Gasteiger partial charge in [0.1, 0.15) is 0 Å². The van der Waals surface area contributed by atoms with Crippen molar-refractivity contribution in [3.8, 4) is 0 Å². The highest BCUT2D eigenvalue weighted by Gasteiger charge is 2.10. The number of nitrogens with one attached hydrogen (secondary N) is 1. The van der Waals surface area contributed by atoms with E-state index >= 15 is 0 Å². The van der Waals surface area contributed by atoms with Gasteiger partial charge >= 0.3 is 0 Å². The van der Waals surface area contributed by atoms with Crippen LogP contribution in [-0.4, -0.2) is 20.9 Å². The first-order chi connectivity index (χ1) is 8.16. The molecule has 0 aliphatic heterocycles. The second kappa shape index (κ2) is 4.88. The third kappa shape index (κ3) is 2.76. The van der Waals surface area contributed by atoms with Crippen LogP contribution < -0.4 is 5.32 Å². The summed E-state index contributed by atoms with van der Waals surface area (Å²) in [7, 11) is 0. The normalized spacial score (nSPS) is 10.0. The number of nitrogens with zero attached hydrogens (tertiary/aromatic N) is 3. The summed E-state index contributed by atoms with van der Waals surface area (Å²) in [5, 5.41) is 2.72. The van der Waals surface area contributed by atoms with E-state index in [-0.39, 0.29) is 16.9 Å². The van der Waals surface area contributed by atoms with Crippen LogP contribution in [0.5, 0.6) is 0 Å². The number of aryl methyl sites for hydroxylation is 1. The van der Waals surface area contributed by atoms with Crippen LogP contribution in [0.2, 0.25) is 5.15 Å². The second-order valence-electron chi connectivity index (χ2n) is 3.40. The van der Waals surface area contributed by atoms with E-state index in [9.17, 15) is 4.79 Å². The van der Waals surface area contributed by atoms with E-state index in [1.807, 2.05) is 6.92 Å². The molecule has 17 heavy (non-hydrogen) atoms. The van der Waals surface area contributed by atoms with Gasteiger partial charge in [-0.15, -0.1) is 0 Å². The molecule has 0 aromatic carbocycles. The number of hydrogen-bond donors (Lipinski definition) is 1. The van der Waals surface area contributed by atoms with Gasteiger partial charge in [0.05, 0.1) is 5.56 Å². The highest BCUT2D eigenvalue weighted by molar-refractivity contribution is 6.32. The van der Waals surface area contributed by atoms with Crippen molar-refractivity contribution in [2.45, 2.75) is 6.92 Å². The molecule has 0 bridgehead atoms. The fraction of sp³-hybridized carbons (Fsp3) is 0.0909. The Balaban J connectivity index is 2.20. The summed E-state index contributed by atoms with van der Waals surface area (Å²) in [6.07, 6.45) is 6.06. The van der Waals surface area contributed by atoms with E-state index in [2.05, 4.69) is 20.3 Å². The molecule has 0 saturated carbocycles. The Kier molecular flexibility index (Phi) is 3.30. The lowest BCUT2D eigenvalue weighted by Gasteiger charge is -2.05. The average Bonchev–Trinajstić information content (AvgIpc) is 2.32. The van der Waals surface area contributed by atoms with Crippen LogP contribution in [-0.2, 0) is 0 Å². The number of carbonyl (C=O) groups excluding carboxylic acids is 1. The first kappa shape index (κ1) is 11.5. The molecule has 0 aliphatic rings. The highest BCUT2D eigenvalue weighted by atomic mass is 35.5. The van der Waals surface area contributed by atoms with E-state index in [4.69, 9.17) is 11.6 Å². The van der Waals surface area contributed by atoms with Crippen LogP contribution in [0.15, 0.2) is 30.9 Å². The maximum atomic E-state index is 11.8. The lowest BCUT2D eigenvalue weighted by atomic mass is 10.2. The van der Waals surface area contributed by atoms with Crippen LogP contribution in [0.4, 0.5) is 5.82 Å². The lowest BCUT2D eigenvalue weighted by Crippen LogP contribution is -2.14. The van der Waals surface area contributed by atoms with Crippen LogP contribution >= 0.6 is 11.6 Å². The average molecular weight is 249 g/mol. The number of anilines is 1. The molecule has 2 aromatic rings. The monoisotopic (exact) mass is 248 g/mol. The standard InChI is InChI=1S/C11H9ClN4O/c1-7-4-8(6-13-5-7)11(17)16-10-9(12)14-2-3-15-10/h2-6H,1H3,(H,15,16,17). The van der Waals surface area contributed by atoms with E-state index in [1.165, 1.54) is 18.6 Å². The molecule has 5 nitrogen and oxygen atoms in total. The zero-order valence-corrected chi connectivity index (χ0v) is 9.77. The van der Waals surface area contributed by atoms with Crippen molar-refractivity contribution < 1.29 is 4.79 Å². The maximum absolute atomic E-state index is 11.8. The number of rotatable bonds is 2. The second-order valence-corrected chi connectivity index (χ2v) is 3.76. The first-order valence-electron chi connectivity index (χ1n) is 4.86. The van der Waals surface area contributed by atoms with Crippen molar-refractivity contribution in [2.24, 2.45) is 0 Å². The molecule has 2 aromatic heterocycles. The van der Waals surface area contributed by atoms with Crippen LogP contribution in [0.3, 0.4) is 0 Å². The fourth-order valence-corrected chi connectivity index (χ4v) is 1.42. The summed E-state index contributed by atoms with van der Waals surface area (Å²) < 4.78 is 0. The molecule has 86 valence electrons. The van der Waals surface area contributed by atoms with Gasteiger partial charge < -0.3 is 5.32 Å². The van der Waals surface area contributed by atoms with Crippen LogP contribution in [0.1, 0.15) is 15.9 Å². The Morgan fingerprint density at radius 2 is 2.06 bits per heavy atom. The molecule has 0 unspecified atom stereocenters. The van der Waals surface area contributed by atoms with Crippen molar-refractivity contribution >= 4 is 23.3 Å². The molecular formula is C11H9ClN4O. The Labute approximate surface area is 103 Å². The van der Waals surface area contributed by atoms with Gasteiger partial charge in [0.2, 0.25) is 0 Å². The van der Waals surface area contributed by atoms with Crippen LogP contribution in [0.25, 0.3) is 0 Å². The quantitative estimate of drug-likeness (QED) is 0.884. The van der Waals surface area contributed by atoms with Gasteiger partial charge in [0, 0.05) is 24.8 Å². The summed E-state index contributed by atoms with van der Waals surface area (Å²) in [5.41, 5.74) is 1.36. The predicted octanol–water partition coefficient (Wildman–Crippen LogP) is 2.09. The molecule has 0 saturated heterocycles. The summed E-state index contributed by atoms with van der Waals surface area (Å²) in [6, 6.07) is 1.73. The zero-order chi connectivity index (χ0) is 12.3. The van der Waals surface area contributed by atoms with Crippen molar-refractivity contribution in [3.05, 3.63) is 47.1 Å². The fourth-order valence-electron chi connectivity index (χ4n) is 1.26. The highest BCUT2D eigenvalue weighted by Crippen LogP contribution is 2.15. The van der Waals surface area contributed by atoms with E-state index in [0.717, 1.165) is 5.56 Å². The largest absolute Gasteiger partial charge is 0.304 e. The molecule has 1 amide bonds. The van der Waals surface area contributed by atoms with Gasteiger partial charge in [-0.3, -0.25) is 9.78 Å². The van der Waals surface area contributed by atoms with Crippen molar-refractivity contribution in [2.75, 3.05) is 5.32 Å². The number of amides is 1. The molecule has 0 atom stereocenters. The number of halogens is 1. The van der Waals surface area contributed by atoms with Crippen LogP contribution in [0, 0.1) is 6.92 Å². The zero-order valence-electron chi connectivity index (χ0n) is 9.01. The van der Waals surface area contributed by atoms with Crippen molar-refractivity contribution in [1.82, 2.24) is 15.0 Å². The Hall–Kier alpha value is -2.01. The number of pyridine rings is 1. The van der Waals surface area contributed by atoms with Gasteiger partial charge in [-0.05, 0) is 18.6 Å². The SMILES string of the molecule is Cc1cncc(C(=O)Nc2nccnc2Cl)c1. The maximum Gasteiger partial charge on any atom is 0.258 e. The van der Waals surface area contributed by atoms with Gasteiger partial charge in [-0.1, -0.05) is 11.6 Å². The number of hydrogen-bond acceptors (Lipinski definition) is 4. The minimum Gasteiger partial charge on any atom is -0.304 e. The molecular weight excluding hydrogens is 240 g/mol. The van der Waals surface area contributed by atoms with Crippen molar-refractivity contribution in [1.29, 1.82) is 0 Å². The molecule has 1 N–H and O–H groups in total. The Bertz CT molecular complexity index is 559. The van der Waals surface area contributed by atoms with E-state index < -0.39 is 0 Å². The Morgan fingerprint density at radius 1 is 1.29 bits per heavy atom. The molecule has 0 aliphatic carbocycles.